The minimum atomic E-state index is 0.415. The Morgan fingerprint density at radius 1 is 1.54 bits per heavy atom. The second-order valence-corrected chi connectivity index (χ2v) is 4.69. The minimum absolute atomic E-state index is 0.415. The van der Waals surface area contributed by atoms with Crippen LogP contribution in [0.25, 0.3) is 0 Å². The van der Waals surface area contributed by atoms with Gasteiger partial charge in [-0.2, -0.15) is 0 Å². The van der Waals surface area contributed by atoms with E-state index < -0.39 is 0 Å². The van der Waals surface area contributed by atoms with Crippen molar-refractivity contribution in [1.29, 1.82) is 0 Å². The first kappa shape index (κ1) is 11.1. The molecule has 72 valence electrons. The molecular formula is C10H14BrNS. The van der Waals surface area contributed by atoms with Crippen LogP contribution in [0.1, 0.15) is 18.4 Å². The van der Waals surface area contributed by atoms with Crippen molar-refractivity contribution in [2.75, 3.05) is 12.8 Å². The van der Waals surface area contributed by atoms with Gasteiger partial charge in [-0.1, -0.05) is 28.9 Å². The number of thioether (sulfide) groups is 1. The second kappa shape index (κ2) is 5.03. The highest BCUT2D eigenvalue weighted by Gasteiger charge is 2.11. The summed E-state index contributed by atoms with van der Waals surface area (Å²) in [5.41, 5.74) is 7.00. The number of hydrogen-bond donors (Lipinski definition) is 1. The molecule has 0 aromatic heterocycles. The maximum atomic E-state index is 5.67. The fraction of sp³-hybridized carbons (Fsp3) is 0.400. The lowest BCUT2D eigenvalue weighted by Gasteiger charge is -2.15. The van der Waals surface area contributed by atoms with Crippen LogP contribution < -0.4 is 5.73 Å². The van der Waals surface area contributed by atoms with Gasteiger partial charge in [0.05, 0.1) is 0 Å². The second-order valence-electron chi connectivity index (χ2n) is 2.99. The molecule has 0 saturated heterocycles. The molecule has 0 spiro atoms. The van der Waals surface area contributed by atoms with Crippen LogP contribution in [0.5, 0.6) is 0 Å². The van der Waals surface area contributed by atoms with E-state index in [0.717, 1.165) is 4.47 Å². The van der Waals surface area contributed by atoms with E-state index in [9.17, 15) is 0 Å². The standard InChI is InChI=1S/C10H14BrNS/c1-7(6-12)10-8(11)4-3-5-9(10)13-2/h3-5,7H,6,12H2,1-2H3. The van der Waals surface area contributed by atoms with Crippen LogP contribution in [0.2, 0.25) is 0 Å². The van der Waals surface area contributed by atoms with Gasteiger partial charge in [-0.05, 0) is 36.4 Å². The largest absolute Gasteiger partial charge is 0.330 e. The molecule has 0 aliphatic rings. The SMILES string of the molecule is CSc1cccc(Br)c1C(C)CN. The van der Waals surface area contributed by atoms with E-state index >= 15 is 0 Å². The lowest BCUT2D eigenvalue weighted by molar-refractivity contribution is 0.754. The van der Waals surface area contributed by atoms with E-state index in [4.69, 9.17) is 5.73 Å². The normalized spacial score (nSPS) is 12.9. The molecular weight excluding hydrogens is 246 g/mol. The van der Waals surface area contributed by atoms with Gasteiger partial charge in [0, 0.05) is 9.37 Å². The van der Waals surface area contributed by atoms with Crippen molar-refractivity contribution in [3.63, 3.8) is 0 Å². The zero-order chi connectivity index (χ0) is 9.84. The van der Waals surface area contributed by atoms with Crippen LogP contribution in [-0.4, -0.2) is 12.8 Å². The summed E-state index contributed by atoms with van der Waals surface area (Å²) in [5.74, 6) is 0.415. The van der Waals surface area contributed by atoms with E-state index in [2.05, 4.69) is 47.3 Å². The van der Waals surface area contributed by atoms with Gasteiger partial charge >= 0.3 is 0 Å². The summed E-state index contributed by atoms with van der Waals surface area (Å²) in [5, 5.41) is 0. The van der Waals surface area contributed by atoms with Gasteiger partial charge in [-0.3, -0.25) is 0 Å². The topological polar surface area (TPSA) is 26.0 Å². The monoisotopic (exact) mass is 259 g/mol. The molecule has 1 aromatic rings. The van der Waals surface area contributed by atoms with Gasteiger partial charge in [0.2, 0.25) is 0 Å². The van der Waals surface area contributed by atoms with Gasteiger partial charge in [0.25, 0.3) is 0 Å². The Hall–Kier alpha value is 0.01000. The third kappa shape index (κ3) is 2.48. The molecule has 1 nitrogen and oxygen atoms in total. The summed E-state index contributed by atoms with van der Waals surface area (Å²) in [6, 6.07) is 6.26. The van der Waals surface area contributed by atoms with Crippen LogP contribution in [0.3, 0.4) is 0 Å². The van der Waals surface area contributed by atoms with Crippen molar-refractivity contribution in [1.82, 2.24) is 0 Å². The quantitative estimate of drug-likeness (QED) is 0.844. The van der Waals surface area contributed by atoms with Crippen molar-refractivity contribution >= 4 is 27.7 Å². The first-order chi connectivity index (χ1) is 6.20. The molecule has 0 bridgehead atoms. The van der Waals surface area contributed by atoms with Crippen LogP contribution in [0.4, 0.5) is 0 Å². The molecule has 0 amide bonds. The maximum absolute atomic E-state index is 5.67. The molecule has 0 radical (unpaired) electrons. The molecule has 0 fully saturated rings. The van der Waals surface area contributed by atoms with Crippen molar-refractivity contribution in [3.05, 3.63) is 28.2 Å². The van der Waals surface area contributed by atoms with Crippen LogP contribution in [0.15, 0.2) is 27.6 Å². The van der Waals surface area contributed by atoms with Gasteiger partial charge < -0.3 is 5.73 Å². The average molecular weight is 260 g/mol. The molecule has 1 unspecified atom stereocenters. The zero-order valence-electron chi connectivity index (χ0n) is 7.88. The molecule has 1 rings (SSSR count). The molecule has 0 heterocycles. The van der Waals surface area contributed by atoms with E-state index in [1.807, 2.05) is 0 Å². The molecule has 0 aliphatic heterocycles. The fourth-order valence-electron chi connectivity index (χ4n) is 1.29. The Kier molecular flexibility index (Phi) is 4.29. The highest BCUT2D eigenvalue weighted by molar-refractivity contribution is 9.10. The van der Waals surface area contributed by atoms with Gasteiger partial charge in [-0.15, -0.1) is 11.8 Å². The van der Waals surface area contributed by atoms with Crippen molar-refractivity contribution in [2.45, 2.75) is 17.7 Å². The Balaban J connectivity index is 3.14. The summed E-state index contributed by atoms with van der Waals surface area (Å²) in [6.45, 7) is 2.84. The Bertz CT molecular complexity index is 288. The van der Waals surface area contributed by atoms with E-state index in [0.29, 0.717) is 12.5 Å². The summed E-state index contributed by atoms with van der Waals surface area (Å²) >= 11 is 5.33. The predicted molar refractivity (Wildman–Crippen MR) is 63.4 cm³/mol. The van der Waals surface area contributed by atoms with Crippen LogP contribution >= 0.6 is 27.7 Å². The molecule has 0 aliphatic carbocycles. The predicted octanol–water partition coefficient (Wildman–Crippen LogP) is 3.23. The highest BCUT2D eigenvalue weighted by Crippen LogP contribution is 2.32. The van der Waals surface area contributed by atoms with Crippen molar-refractivity contribution in [3.8, 4) is 0 Å². The summed E-state index contributed by atoms with van der Waals surface area (Å²) in [7, 11) is 0. The lowest BCUT2D eigenvalue weighted by Crippen LogP contribution is -2.10. The smallest absolute Gasteiger partial charge is 0.0221 e. The zero-order valence-corrected chi connectivity index (χ0v) is 10.3. The summed E-state index contributed by atoms with van der Waals surface area (Å²) < 4.78 is 1.16. The van der Waals surface area contributed by atoms with E-state index in [-0.39, 0.29) is 0 Å². The number of benzene rings is 1. The molecule has 2 N–H and O–H groups in total. The van der Waals surface area contributed by atoms with E-state index in [1.54, 1.807) is 11.8 Å². The third-order valence-corrected chi connectivity index (χ3v) is 3.57. The molecule has 0 saturated carbocycles. The Morgan fingerprint density at radius 3 is 2.77 bits per heavy atom. The molecule has 13 heavy (non-hydrogen) atoms. The summed E-state index contributed by atoms with van der Waals surface area (Å²) in [4.78, 5) is 1.31. The third-order valence-electron chi connectivity index (χ3n) is 2.08. The maximum Gasteiger partial charge on any atom is 0.0221 e. The van der Waals surface area contributed by atoms with Gasteiger partial charge in [-0.25, -0.2) is 0 Å². The number of rotatable bonds is 3. The summed E-state index contributed by atoms with van der Waals surface area (Å²) in [6.07, 6.45) is 2.09. The van der Waals surface area contributed by atoms with Crippen molar-refractivity contribution in [2.24, 2.45) is 5.73 Å². The molecule has 1 atom stereocenters. The fourth-order valence-corrected chi connectivity index (χ4v) is 2.93. The lowest BCUT2D eigenvalue weighted by atomic mass is 10.0. The van der Waals surface area contributed by atoms with Crippen LogP contribution in [0, 0.1) is 0 Å². The highest BCUT2D eigenvalue weighted by atomic mass is 79.9. The van der Waals surface area contributed by atoms with Gasteiger partial charge in [0.1, 0.15) is 0 Å². The minimum Gasteiger partial charge on any atom is -0.330 e. The number of halogens is 1. The van der Waals surface area contributed by atoms with E-state index in [1.165, 1.54) is 10.5 Å². The first-order valence-corrected chi connectivity index (χ1v) is 6.25. The number of nitrogens with two attached hydrogens (primary N) is 1. The molecule has 3 heteroatoms. The van der Waals surface area contributed by atoms with Gasteiger partial charge in [0.15, 0.2) is 0 Å². The Labute approximate surface area is 92.2 Å². The van der Waals surface area contributed by atoms with Crippen molar-refractivity contribution < 1.29 is 0 Å². The number of hydrogen-bond acceptors (Lipinski definition) is 2. The first-order valence-electron chi connectivity index (χ1n) is 4.23. The average Bonchev–Trinajstić information content (AvgIpc) is 2.16. The van der Waals surface area contributed by atoms with Crippen LogP contribution in [-0.2, 0) is 0 Å². The Morgan fingerprint density at radius 2 is 2.23 bits per heavy atom. The molecule has 1 aromatic carbocycles.